The molecule has 0 aromatic rings. The lowest BCUT2D eigenvalue weighted by Crippen LogP contribution is -2.19. The second-order valence-corrected chi connectivity index (χ2v) is 2.76. The molecule has 0 radical (unpaired) electrons. The predicted molar refractivity (Wildman–Crippen MR) is 38.7 cm³/mol. The van der Waals surface area contributed by atoms with Crippen molar-refractivity contribution in [1.29, 1.82) is 0 Å². The molecule has 1 N–H and O–H groups in total. The van der Waals surface area contributed by atoms with Crippen LogP contribution in [0.3, 0.4) is 0 Å². The zero-order valence-electron chi connectivity index (χ0n) is 4.69. The normalized spacial score (nSPS) is 26.8. The molecule has 44 valence electrons. The Morgan fingerprint density at radius 1 is 1.75 bits per heavy atom. The Morgan fingerprint density at radius 3 is 2.88 bits per heavy atom. The maximum absolute atomic E-state index is 3.33. The van der Waals surface area contributed by atoms with Crippen molar-refractivity contribution < 1.29 is 0 Å². The van der Waals surface area contributed by atoms with Gasteiger partial charge in [0.2, 0.25) is 0 Å². The van der Waals surface area contributed by atoms with Crippen molar-refractivity contribution in [3.8, 4) is 0 Å². The molecule has 1 aliphatic rings. The van der Waals surface area contributed by atoms with Crippen molar-refractivity contribution in [1.82, 2.24) is 5.32 Å². The fourth-order valence-corrected chi connectivity index (χ4v) is 0.836. The van der Waals surface area contributed by atoms with Crippen molar-refractivity contribution in [2.24, 2.45) is 0 Å². The van der Waals surface area contributed by atoms with Gasteiger partial charge in [-0.15, -0.1) is 0 Å². The van der Waals surface area contributed by atoms with Crippen LogP contribution in [-0.4, -0.2) is 6.04 Å². The first-order valence-corrected chi connectivity index (χ1v) is 3.38. The first kappa shape index (κ1) is 5.89. The summed E-state index contributed by atoms with van der Waals surface area (Å²) in [6, 6.07) is 0.483. The van der Waals surface area contributed by atoms with E-state index < -0.39 is 0 Å². The highest BCUT2D eigenvalue weighted by Crippen LogP contribution is 2.09. The Kier molecular flexibility index (Phi) is 1.73. The summed E-state index contributed by atoms with van der Waals surface area (Å²) in [5, 5.41) is 3.14. The number of hydrogen-bond donors (Lipinski definition) is 1. The second kappa shape index (κ2) is 2.35. The molecule has 1 aliphatic heterocycles. The van der Waals surface area contributed by atoms with Crippen LogP contribution in [0.2, 0.25) is 0 Å². The van der Waals surface area contributed by atoms with Crippen LogP contribution in [0.15, 0.2) is 22.8 Å². The maximum atomic E-state index is 3.33. The quantitative estimate of drug-likeness (QED) is 0.590. The van der Waals surface area contributed by atoms with Crippen LogP contribution in [0.1, 0.15) is 6.92 Å². The molecular weight excluding hydrogens is 166 g/mol. The van der Waals surface area contributed by atoms with Crippen LogP contribution in [0.25, 0.3) is 0 Å². The van der Waals surface area contributed by atoms with Crippen LogP contribution < -0.4 is 5.32 Å². The van der Waals surface area contributed by atoms with Gasteiger partial charge in [0, 0.05) is 16.7 Å². The van der Waals surface area contributed by atoms with Crippen molar-refractivity contribution >= 4 is 15.9 Å². The van der Waals surface area contributed by atoms with Crippen molar-refractivity contribution in [2.75, 3.05) is 0 Å². The van der Waals surface area contributed by atoms with Gasteiger partial charge in [0.1, 0.15) is 0 Å². The molecule has 2 heteroatoms. The molecule has 1 rings (SSSR count). The molecule has 8 heavy (non-hydrogen) atoms. The minimum Gasteiger partial charge on any atom is -0.384 e. The third kappa shape index (κ3) is 1.37. The van der Waals surface area contributed by atoms with Gasteiger partial charge >= 0.3 is 0 Å². The molecule has 0 aromatic heterocycles. The SMILES string of the molecule is C[C@@H]1C=CC(Br)=CN1. The molecular formula is C6H8BrN. The van der Waals surface area contributed by atoms with E-state index >= 15 is 0 Å². The van der Waals surface area contributed by atoms with Gasteiger partial charge in [-0.05, 0) is 28.9 Å². The van der Waals surface area contributed by atoms with E-state index in [4.69, 9.17) is 0 Å². The second-order valence-electron chi connectivity index (χ2n) is 1.84. The van der Waals surface area contributed by atoms with Crippen LogP contribution >= 0.6 is 15.9 Å². The average Bonchev–Trinajstić information content (AvgIpc) is 1.77. The fraction of sp³-hybridized carbons (Fsp3) is 0.333. The van der Waals surface area contributed by atoms with Gasteiger partial charge in [-0.2, -0.15) is 0 Å². The van der Waals surface area contributed by atoms with E-state index in [1.54, 1.807) is 0 Å². The smallest absolute Gasteiger partial charge is 0.0414 e. The maximum Gasteiger partial charge on any atom is 0.0414 e. The van der Waals surface area contributed by atoms with E-state index in [0.717, 1.165) is 4.48 Å². The number of nitrogens with one attached hydrogen (secondary N) is 1. The summed E-state index contributed by atoms with van der Waals surface area (Å²) in [5.74, 6) is 0. The number of dihydropyridines is 1. The Hall–Kier alpha value is -0.240. The molecule has 0 amide bonds. The summed E-state index contributed by atoms with van der Waals surface area (Å²) >= 11 is 3.33. The monoisotopic (exact) mass is 173 g/mol. The summed E-state index contributed by atoms with van der Waals surface area (Å²) < 4.78 is 1.11. The minimum atomic E-state index is 0.483. The molecule has 0 fully saturated rings. The van der Waals surface area contributed by atoms with Crippen LogP contribution in [0.5, 0.6) is 0 Å². The number of rotatable bonds is 0. The first-order valence-electron chi connectivity index (χ1n) is 2.59. The van der Waals surface area contributed by atoms with E-state index in [0.29, 0.717) is 6.04 Å². The molecule has 0 unspecified atom stereocenters. The molecule has 1 nitrogen and oxygen atoms in total. The van der Waals surface area contributed by atoms with Gasteiger partial charge in [-0.3, -0.25) is 0 Å². The largest absolute Gasteiger partial charge is 0.384 e. The molecule has 0 aromatic carbocycles. The summed E-state index contributed by atoms with van der Waals surface area (Å²) in [5.41, 5.74) is 0. The number of allylic oxidation sites excluding steroid dienone is 2. The van der Waals surface area contributed by atoms with E-state index in [1.807, 2.05) is 12.3 Å². The Bertz CT molecular complexity index is 137. The van der Waals surface area contributed by atoms with Crippen LogP contribution in [-0.2, 0) is 0 Å². The van der Waals surface area contributed by atoms with Gasteiger partial charge in [-0.25, -0.2) is 0 Å². The van der Waals surface area contributed by atoms with Gasteiger partial charge in [0.15, 0.2) is 0 Å². The van der Waals surface area contributed by atoms with E-state index in [-0.39, 0.29) is 0 Å². The standard InChI is InChI=1S/C6H8BrN/c1-5-2-3-6(7)4-8-5/h2-5,8H,1H3/t5-/m1/s1. The van der Waals surface area contributed by atoms with E-state index in [1.165, 1.54) is 0 Å². The summed E-state index contributed by atoms with van der Waals surface area (Å²) in [4.78, 5) is 0. The molecule has 0 bridgehead atoms. The van der Waals surface area contributed by atoms with Crippen LogP contribution in [0, 0.1) is 0 Å². The van der Waals surface area contributed by atoms with Gasteiger partial charge in [0.25, 0.3) is 0 Å². The summed E-state index contributed by atoms with van der Waals surface area (Å²) in [7, 11) is 0. The van der Waals surface area contributed by atoms with Gasteiger partial charge in [0.05, 0.1) is 0 Å². The fourth-order valence-electron chi connectivity index (χ4n) is 0.551. The van der Waals surface area contributed by atoms with E-state index in [2.05, 4.69) is 34.2 Å². The lowest BCUT2D eigenvalue weighted by Gasteiger charge is -2.09. The topological polar surface area (TPSA) is 12.0 Å². The van der Waals surface area contributed by atoms with Gasteiger partial charge in [-0.1, -0.05) is 6.08 Å². The Balaban J connectivity index is 2.58. The molecule has 0 aliphatic carbocycles. The van der Waals surface area contributed by atoms with E-state index in [9.17, 15) is 0 Å². The summed E-state index contributed by atoms with van der Waals surface area (Å²) in [6.07, 6.45) is 6.09. The number of halogens is 1. The average molecular weight is 174 g/mol. The highest BCUT2D eigenvalue weighted by Gasteiger charge is 1.96. The zero-order valence-corrected chi connectivity index (χ0v) is 6.27. The van der Waals surface area contributed by atoms with Crippen molar-refractivity contribution in [2.45, 2.75) is 13.0 Å². The lowest BCUT2D eigenvalue weighted by molar-refractivity contribution is 0.760. The molecule has 0 saturated carbocycles. The Labute approximate surface area is 57.6 Å². The highest BCUT2D eigenvalue weighted by molar-refractivity contribution is 9.11. The molecule has 1 heterocycles. The molecule has 0 spiro atoms. The predicted octanol–water partition coefficient (Wildman–Crippen LogP) is 1.77. The molecule has 0 saturated heterocycles. The third-order valence-corrected chi connectivity index (χ3v) is 1.52. The number of hydrogen-bond acceptors (Lipinski definition) is 1. The summed E-state index contributed by atoms with van der Waals surface area (Å²) in [6.45, 7) is 2.10. The van der Waals surface area contributed by atoms with Crippen molar-refractivity contribution in [3.63, 3.8) is 0 Å². The zero-order chi connectivity index (χ0) is 5.98. The Morgan fingerprint density at radius 2 is 2.50 bits per heavy atom. The van der Waals surface area contributed by atoms with Crippen molar-refractivity contribution in [3.05, 3.63) is 22.8 Å². The minimum absolute atomic E-state index is 0.483. The third-order valence-electron chi connectivity index (χ3n) is 1.03. The first-order chi connectivity index (χ1) is 3.79. The molecule has 1 atom stereocenters. The van der Waals surface area contributed by atoms with Crippen LogP contribution in [0.4, 0.5) is 0 Å². The van der Waals surface area contributed by atoms with Gasteiger partial charge < -0.3 is 5.32 Å². The lowest BCUT2D eigenvalue weighted by atomic mass is 10.2. The highest BCUT2D eigenvalue weighted by atomic mass is 79.9.